The van der Waals surface area contributed by atoms with Crippen molar-refractivity contribution in [2.45, 2.75) is 31.2 Å². The van der Waals surface area contributed by atoms with Gasteiger partial charge in [0, 0.05) is 17.8 Å². The number of nitrogens with one attached hydrogen (secondary N) is 2. The molecule has 0 saturated heterocycles. The summed E-state index contributed by atoms with van der Waals surface area (Å²) in [6, 6.07) is 31.2. The van der Waals surface area contributed by atoms with Crippen LogP contribution in [0.1, 0.15) is 41.3 Å². The fraction of sp³-hybridized carbons (Fsp3) is 0.138. The van der Waals surface area contributed by atoms with Gasteiger partial charge in [-0.05, 0) is 64.6 Å². The van der Waals surface area contributed by atoms with Gasteiger partial charge in [0.1, 0.15) is 0 Å². The summed E-state index contributed by atoms with van der Waals surface area (Å²) in [4.78, 5) is 12.8. The smallest absolute Gasteiger partial charge is 0.255 e. The molecule has 0 aliphatic rings. The van der Waals surface area contributed by atoms with Gasteiger partial charge in [-0.2, -0.15) is 0 Å². The summed E-state index contributed by atoms with van der Waals surface area (Å²) in [6.45, 7) is 4.49. The Kier molecular flexibility index (Phi) is 7.44. The second kappa shape index (κ2) is 10.7. The van der Waals surface area contributed by atoms with Crippen LogP contribution in [-0.2, 0) is 16.6 Å². The van der Waals surface area contributed by atoms with E-state index >= 15 is 0 Å². The molecule has 0 aromatic heterocycles. The highest BCUT2D eigenvalue weighted by Gasteiger charge is 2.14. The molecule has 0 bridgehead atoms. The Hall–Kier alpha value is -3.74. The van der Waals surface area contributed by atoms with Gasteiger partial charge in [0.05, 0.1) is 4.90 Å². The van der Waals surface area contributed by atoms with Crippen molar-refractivity contribution >= 4 is 21.6 Å². The molecule has 6 heteroatoms. The third kappa shape index (κ3) is 6.23. The van der Waals surface area contributed by atoms with E-state index in [1.54, 1.807) is 36.4 Å². The third-order valence-electron chi connectivity index (χ3n) is 5.79. The molecule has 0 fully saturated rings. The molecule has 0 saturated carbocycles. The second-order valence-corrected chi connectivity index (χ2v) is 10.4. The van der Waals surface area contributed by atoms with Gasteiger partial charge in [0.15, 0.2) is 0 Å². The zero-order valence-corrected chi connectivity index (χ0v) is 20.5. The normalized spacial score (nSPS) is 11.4. The Balaban J connectivity index is 1.40. The standard InChI is InChI=1S/C29H28N2O3S/c1-21(2)23-12-16-27(17-13-23)31-29(32)26-10-8-24(9-11-26)25-14-18-28(19-15-25)35(33,34)30-20-22-6-4-3-5-7-22/h3-19,21,30H,20H2,1-2H3,(H,31,32). The molecule has 0 aliphatic heterocycles. The average molecular weight is 485 g/mol. The van der Waals surface area contributed by atoms with Gasteiger partial charge in [-0.15, -0.1) is 0 Å². The van der Waals surface area contributed by atoms with Gasteiger partial charge in [0.25, 0.3) is 5.91 Å². The van der Waals surface area contributed by atoms with Crippen molar-refractivity contribution in [3.8, 4) is 11.1 Å². The fourth-order valence-corrected chi connectivity index (χ4v) is 4.67. The van der Waals surface area contributed by atoms with E-state index in [2.05, 4.69) is 23.9 Å². The third-order valence-corrected chi connectivity index (χ3v) is 7.21. The lowest BCUT2D eigenvalue weighted by Crippen LogP contribution is -2.23. The minimum Gasteiger partial charge on any atom is -0.322 e. The maximum atomic E-state index is 12.6. The van der Waals surface area contributed by atoms with Crippen LogP contribution in [-0.4, -0.2) is 14.3 Å². The lowest BCUT2D eigenvalue weighted by molar-refractivity contribution is 0.102. The maximum absolute atomic E-state index is 12.6. The highest BCUT2D eigenvalue weighted by Crippen LogP contribution is 2.23. The molecule has 1 amide bonds. The molecular weight excluding hydrogens is 456 g/mol. The number of carbonyl (C=O) groups excluding carboxylic acids is 1. The molecule has 178 valence electrons. The number of benzene rings is 4. The van der Waals surface area contributed by atoms with Gasteiger partial charge in [-0.3, -0.25) is 4.79 Å². The topological polar surface area (TPSA) is 75.3 Å². The van der Waals surface area contributed by atoms with Gasteiger partial charge in [-0.1, -0.05) is 80.6 Å². The highest BCUT2D eigenvalue weighted by atomic mass is 32.2. The summed E-state index contributed by atoms with van der Waals surface area (Å²) in [5, 5.41) is 2.92. The predicted molar refractivity (Wildman–Crippen MR) is 141 cm³/mol. The first kappa shape index (κ1) is 24.4. The Morgan fingerprint density at radius 1 is 0.743 bits per heavy atom. The van der Waals surface area contributed by atoms with Crippen molar-refractivity contribution in [1.82, 2.24) is 4.72 Å². The molecule has 4 aromatic rings. The predicted octanol–water partition coefficient (Wildman–Crippen LogP) is 6.21. The van der Waals surface area contributed by atoms with Crippen LogP contribution in [0, 0.1) is 0 Å². The van der Waals surface area contributed by atoms with Crippen LogP contribution in [0.3, 0.4) is 0 Å². The largest absolute Gasteiger partial charge is 0.322 e. The van der Waals surface area contributed by atoms with Crippen LogP contribution in [0.15, 0.2) is 108 Å². The lowest BCUT2D eigenvalue weighted by atomic mass is 10.0. The number of carbonyl (C=O) groups is 1. The Morgan fingerprint density at radius 3 is 1.89 bits per heavy atom. The molecule has 4 rings (SSSR count). The van der Waals surface area contributed by atoms with Gasteiger partial charge >= 0.3 is 0 Å². The van der Waals surface area contributed by atoms with Crippen molar-refractivity contribution in [1.29, 1.82) is 0 Å². The van der Waals surface area contributed by atoms with Crippen LogP contribution in [0.25, 0.3) is 11.1 Å². The van der Waals surface area contributed by atoms with E-state index in [9.17, 15) is 13.2 Å². The van der Waals surface area contributed by atoms with Gasteiger partial charge < -0.3 is 5.32 Å². The van der Waals surface area contributed by atoms with Crippen LogP contribution in [0.4, 0.5) is 5.69 Å². The fourth-order valence-electron chi connectivity index (χ4n) is 3.65. The lowest BCUT2D eigenvalue weighted by Gasteiger charge is -2.10. The SMILES string of the molecule is CC(C)c1ccc(NC(=O)c2ccc(-c3ccc(S(=O)(=O)NCc4ccccc4)cc3)cc2)cc1. The minimum atomic E-state index is -3.62. The van der Waals surface area contributed by atoms with Crippen molar-refractivity contribution < 1.29 is 13.2 Å². The minimum absolute atomic E-state index is 0.181. The van der Waals surface area contributed by atoms with E-state index in [1.165, 1.54) is 5.56 Å². The van der Waals surface area contributed by atoms with E-state index in [-0.39, 0.29) is 17.3 Å². The summed E-state index contributed by atoms with van der Waals surface area (Å²) >= 11 is 0. The second-order valence-electron chi connectivity index (χ2n) is 8.64. The van der Waals surface area contributed by atoms with E-state index in [0.717, 1.165) is 22.4 Å². The van der Waals surface area contributed by atoms with E-state index in [1.807, 2.05) is 66.7 Å². The molecule has 0 radical (unpaired) electrons. The number of rotatable bonds is 8. The van der Waals surface area contributed by atoms with Crippen molar-refractivity contribution in [2.24, 2.45) is 0 Å². The van der Waals surface area contributed by atoms with E-state index < -0.39 is 10.0 Å². The maximum Gasteiger partial charge on any atom is 0.255 e. The van der Waals surface area contributed by atoms with Crippen molar-refractivity contribution in [3.63, 3.8) is 0 Å². The summed E-state index contributed by atoms with van der Waals surface area (Å²) in [5.41, 5.74) is 5.17. The molecule has 5 nitrogen and oxygen atoms in total. The molecule has 2 N–H and O–H groups in total. The van der Waals surface area contributed by atoms with Crippen LogP contribution < -0.4 is 10.0 Å². The molecule has 0 aliphatic carbocycles. The molecule has 0 unspecified atom stereocenters. The number of hydrogen-bond donors (Lipinski definition) is 2. The van der Waals surface area contributed by atoms with E-state index in [0.29, 0.717) is 11.5 Å². The quantitative estimate of drug-likeness (QED) is 0.312. The Bertz CT molecular complexity index is 1380. The zero-order chi connectivity index (χ0) is 24.8. The van der Waals surface area contributed by atoms with Crippen LogP contribution >= 0.6 is 0 Å². The molecular formula is C29H28N2O3S. The van der Waals surface area contributed by atoms with Crippen LogP contribution in [0.5, 0.6) is 0 Å². The van der Waals surface area contributed by atoms with Crippen LogP contribution in [0.2, 0.25) is 0 Å². The first-order valence-corrected chi connectivity index (χ1v) is 13.0. The number of amides is 1. The van der Waals surface area contributed by atoms with Gasteiger partial charge in [0.2, 0.25) is 10.0 Å². The number of sulfonamides is 1. The highest BCUT2D eigenvalue weighted by molar-refractivity contribution is 7.89. The van der Waals surface area contributed by atoms with Gasteiger partial charge in [-0.25, -0.2) is 13.1 Å². The summed E-state index contributed by atoms with van der Waals surface area (Å²) in [7, 11) is -3.62. The summed E-state index contributed by atoms with van der Waals surface area (Å²) in [6.07, 6.45) is 0. The monoisotopic (exact) mass is 484 g/mol. The van der Waals surface area contributed by atoms with Crippen molar-refractivity contribution in [3.05, 3.63) is 120 Å². The Morgan fingerprint density at radius 2 is 1.31 bits per heavy atom. The first-order chi connectivity index (χ1) is 16.8. The number of hydrogen-bond acceptors (Lipinski definition) is 3. The Labute approximate surface area is 206 Å². The molecule has 4 aromatic carbocycles. The molecule has 35 heavy (non-hydrogen) atoms. The summed E-state index contributed by atoms with van der Waals surface area (Å²) < 4.78 is 27.9. The first-order valence-electron chi connectivity index (χ1n) is 11.5. The van der Waals surface area contributed by atoms with Crippen molar-refractivity contribution in [2.75, 3.05) is 5.32 Å². The average Bonchev–Trinajstić information content (AvgIpc) is 2.88. The molecule has 0 heterocycles. The molecule has 0 atom stereocenters. The summed E-state index contributed by atoms with van der Waals surface area (Å²) in [5.74, 6) is 0.256. The number of anilines is 1. The zero-order valence-electron chi connectivity index (χ0n) is 19.7. The molecule has 0 spiro atoms. The van der Waals surface area contributed by atoms with E-state index in [4.69, 9.17) is 0 Å².